The van der Waals surface area contributed by atoms with Crippen LogP contribution in [0.2, 0.25) is 5.02 Å². The number of hydrogen-bond donors (Lipinski definition) is 0. The molecule has 31 heavy (non-hydrogen) atoms. The average molecular weight is 436 g/mol. The molecule has 4 aromatic rings. The van der Waals surface area contributed by atoms with E-state index in [0.717, 1.165) is 0 Å². The fourth-order valence-electron chi connectivity index (χ4n) is 3.08. The predicted octanol–water partition coefficient (Wildman–Crippen LogP) is 5.05. The largest absolute Gasteiger partial charge is 0.272 e. The molecule has 0 unspecified atom stereocenters. The third kappa shape index (κ3) is 4.29. The van der Waals surface area contributed by atoms with Crippen LogP contribution >= 0.6 is 11.6 Å². The van der Waals surface area contributed by atoms with Gasteiger partial charge in [0.1, 0.15) is 11.5 Å². The zero-order chi connectivity index (χ0) is 22.0. The number of aryl methyl sites for hydroxylation is 1. The lowest BCUT2D eigenvalue weighted by Crippen LogP contribution is -1.99. The van der Waals surface area contributed by atoms with Crippen molar-refractivity contribution in [2.24, 2.45) is 7.05 Å². The second-order valence-electron chi connectivity index (χ2n) is 6.60. The van der Waals surface area contributed by atoms with E-state index in [1.165, 1.54) is 31.0 Å². The van der Waals surface area contributed by atoms with Gasteiger partial charge >= 0.3 is 0 Å². The Balaban J connectivity index is 1.69. The molecule has 2 heterocycles. The van der Waals surface area contributed by atoms with Crippen molar-refractivity contribution in [1.29, 1.82) is 0 Å². The predicted molar refractivity (Wildman–Crippen MR) is 115 cm³/mol. The third-order valence-electron chi connectivity index (χ3n) is 4.57. The van der Waals surface area contributed by atoms with E-state index in [0.29, 0.717) is 22.9 Å². The maximum atomic E-state index is 14.1. The lowest BCUT2D eigenvalue weighted by Gasteiger charge is -2.08. The van der Waals surface area contributed by atoms with Crippen LogP contribution in [0.3, 0.4) is 0 Å². The number of halogens is 2. The van der Waals surface area contributed by atoms with E-state index in [1.54, 1.807) is 48.3 Å². The smallest absolute Gasteiger partial charge is 0.258 e. The summed E-state index contributed by atoms with van der Waals surface area (Å²) in [6.45, 7) is 0. The molecule has 0 saturated carbocycles. The Kier molecular flexibility index (Phi) is 5.73. The molecule has 2 aromatic heterocycles. The van der Waals surface area contributed by atoms with Crippen LogP contribution in [0.5, 0.6) is 0 Å². The molecule has 0 bridgehead atoms. The number of benzene rings is 2. The van der Waals surface area contributed by atoms with E-state index in [4.69, 9.17) is 11.6 Å². The number of pyridine rings is 1. The molecule has 0 fully saturated rings. The summed E-state index contributed by atoms with van der Waals surface area (Å²) in [5.41, 5.74) is 1.53. The van der Waals surface area contributed by atoms with Crippen LogP contribution in [0.25, 0.3) is 22.9 Å². The molecule has 2 aromatic carbocycles. The Morgan fingerprint density at radius 1 is 1.13 bits per heavy atom. The highest BCUT2D eigenvalue weighted by atomic mass is 35.5. The van der Waals surface area contributed by atoms with E-state index < -0.39 is 10.7 Å². The number of rotatable bonds is 6. The van der Waals surface area contributed by atoms with E-state index in [9.17, 15) is 14.5 Å². The maximum Gasteiger partial charge on any atom is 0.272 e. The molecule has 0 aliphatic heterocycles. The molecule has 0 aliphatic carbocycles. The number of hydrogen-bond acceptors (Lipinski definition) is 5. The van der Waals surface area contributed by atoms with Gasteiger partial charge in [-0.1, -0.05) is 23.7 Å². The summed E-state index contributed by atoms with van der Waals surface area (Å²) in [6.07, 6.45) is 4.52. The minimum atomic E-state index is -0.518. The standard InChI is InChI=1S/C22H15ClFN5O2/c1-28-22(26-21(27-28)19-7-2-3-12-25-19)15-9-11-20(29(30)31)14(13-15)8-10-16-17(23)5-4-6-18(16)24/h2-13H,1H3. The van der Waals surface area contributed by atoms with Gasteiger partial charge < -0.3 is 0 Å². The summed E-state index contributed by atoms with van der Waals surface area (Å²) in [5.74, 6) is 0.427. The summed E-state index contributed by atoms with van der Waals surface area (Å²) < 4.78 is 15.7. The van der Waals surface area contributed by atoms with Gasteiger partial charge in [0.15, 0.2) is 11.6 Å². The number of nitrogens with zero attached hydrogens (tertiary/aromatic N) is 5. The second kappa shape index (κ2) is 8.61. The highest BCUT2D eigenvalue weighted by Crippen LogP contribution is 2.30. The van der Waals surface area contributed by atoms with Crippen molar-refractivity contribution < 1.29 is 9.31 Å². The highest BCUT2D eigenvalue weighted by molar-refractivity contribution is 6.31. The van der Waals surface area contributed by atoms with Gasteiger partial charge in [0.25, 0.3) is 5.69 Å². The molecule has 0 amide bonds. The molecule has 7 nitrogen and oxygen atoms in total. The number of nitro groups is 1. The van der Waals surface area contributed by atoms with E-state index >= 15 is 0 Å². The van der Waals surface area contributed by atoms with Gasteiger partial charge in [-0.25, -0.2) is 14.1 Å². The molecule has 0 N–H and O–H groups in total. The van der Waals surface area contributed by atoms with Crippen LogP contribution in [0.1, 0.15) is 11.1 Å². The molecule has 2 radical (unpaired) electrons. The van der Waals surface area contributed by atoms with E-state index in [1.807, 2.05) is 6.07 Å². The first-order valence-corrected chi connectivity index (χ1v) is 9.55. The van der Waals surface area contributed by atoms with Crippen LogP contribution < -0.4 is 0 Å². The topological polar surface area (TPSA) is 86.7 Å². The van der Waals surface area contributed by atoms with Gasteiger partial charge in [-0.3, -0.25) is 15.1 Å². The highest BCUT2D eigenvalue weighted by Gasteiger charge is 2.19. The third-order valence-corrected chi connectivity index (χ3v) is 4.90. The summed E-state index contributed by atoms with van der Waals surface area (Å²) >= 11 is 6.05. The van der Waals surface area contributed by atoms with Crippen molar-refractivity contribution in [3.8, 4) is 22.9 Å². The number of aromatic nitrogens is 4. The van der Waals surface area contributed by atoms with Gasteiger partial charge in [-0.05, 0) is 36.4 Å². The van der Waals surface area contributed by atoms with Crippen molar-refractivity contribution in [2.45, 2.75) is 0 Å². The van der Waals surface area contributed by atoms with Crippen LogP contribution in [0, 0.1) is 28.8 Å². The summed E-state index contributed by atoms with van der Waals surface area (Å²) in [7, 11) is 1.73. The summed E-state index contributed by atoms with van der Waals surface area (Å²) in [4.78, 5) is 19.8. The van der Waals surface area contributed by atoms with Crippen LogP contribution in [0.15, 0.2) is 60.8 Å². The Labute approximate surface area is 182 Å². The minimum absolute atomic E-state index is 0.125. The Morgan fingerprint density at radius 3 is 2.68 bits per heavy atom. The number of nitro benzene ring substituents is 1. The zero-order valence-electron chi connectivity index (χ0n) is 16.2. The fraction of sp³-hybridized carbons (Fsp3) is 0.0455. The lowest BCUT2D eigenvalue weighted by atomic mass is 10.00. The Bertz CT molecular complexity index is 1240. The average Bonchev–Trinajstić information content (AvgIpc) is 3.15. The molecule has 154 valence electrons. The van der Waals surface area contributed by atoms with Crippen molar-refractivity contribution in [3.05, 3.63) is 106 Å². The SMILES string of the molecule is Cn1nc(-c2ccccn2)nc1-c1ccc([N+](=O)[O-])c([CH][CH]c2c(F)cccc2Cl)c1. The lowest BCUT2D eigenvalue weighted by molar-refractivity contribution is -0.385. The van der Waals surface area contributed by atoms with Crippen LogP contribution in [0.4, 0.5) is 10.1 Å². The normalized spacial score (nSPS) is 10.9. The Morgan fingerprint density at radius 2 is 1.97 bits per heavy atom. The first-order chi connectivity index (χ1) is 14.9. The molecular weight excluding hydrogens is 421 g/mol. The van der Waals surface area contributed by atoms with Crippen LogP contribution in [-0.4, -0.2) is 24.7 Å². The summed E-state index contributed by atoms with van der Waals surface area (Å²) in [6, 6.07) is 14.3. The summed E-state index contributed by atoms with van der Waals surface area (Å²) in [5, 5.41) is 16.1. The van der Waals surface area contributed by atoms with Gasteiger partial charge in [0.05, 0.1) is 4.92 Å². The van der Waals surface area contributed by atoms with Gasteiger partial charge in [0, 0.05) is 53.9 Å². The molecule has 4 rings (SSSR count). The second-order valence-corrected chi connectivity index (χ2v) is 7.00. The van der Waals surface area contributed by atoms with Gasteiger partial charge in [0.2, 0.25) is 0 Å². The van der Waals surface area contributed by atoms with Crippen molar-refractivity contribution in [1.82, 2.24) is 19.7 Å². The first-order valence-electron chi connectivity index (χ1n) is 9.17. The molecule has 0 aliphatic rings. The maximum absolute atomic E-state index is 14.1. The molecule has 0 saturated heterocycles. The monoisotopic (exact) mass is 435 g/mol. The molecule has 0 spiro atoms. The Hall–Kier alpha value is -3.65. The van der Waals surface area contributed by atoms with Crippen molar-refractivity contribution in [3.63, 3.8) is 0 Å². The van der Waals surface area contributed by atoms with E-state index in [-0.39, 0.29) is 21.8 Å². The zero-order valence-corrected chi connectivity index (χ0v) is 17.0. The van der Waals surface area contributed by atoms with Gasteiger partial charge in [-0.2, -0.15) is 0 Å². The van der Waals surface area contributed by atoms with E-state index in [2.05, 4.69) is 15.1 Å². The van der Waals surface area contributed by atoms with Crippen LogP contribution in [-0.2, 0) is 7.05 Å². The quantitative estimate of drug-likeness (QED) is 0.312. The van der Waals surface area contributed by atoms with Gasteiger partial charge in [-0.15, -0.1) is 5.10 Å². The van der Waals surface area contributed by atoms with Crippen molar-refractivity contribution in [2.75, 3.05) is 0 Å². The molecule has 9 heteroatoms. The van der Waals surface area contributed by atoms with Crippen molar-refractivity contribution >= 4 is 17.3 Å². The fourth-order valence-corrected chi connectivity index (χ4v) is 3.30. The molecule has 0 atom stereocenters. The minimum Gasteiger partial charge on any atom is -0.258 e. The molecular formula is C22H15ClFN5O2. The first kappa shape index (κ1) is 20.6.